The molecule has 1 aromatic carbocycles. The molecule has 2 atom stereocenters. The van der Waals surface area contributed by atoms with Crippen LogP contribution in [0.5, 0.6) is 5.75 Å². The van der Waals surface area contributed by atoms with Crippen molar-refractivity contribution in [3.05, 3.63) is 29.8 Å². The molecule has 2 rings (SSSR count). The molecule has 0 aromatic heterocycles. The quantitative estimate of drug-likeness (QED) is 0.876. The minimum atomic E-state index is -4.37. The molecule has 7 heteroatoms. The van der Waals surface area contributed by atoms with Crippen molar-refractivity contribution in [2.75, 3.05) is 6.54 Å². The van der Waals surface area contributed by atoms with Crippen LogP contribution in [0.3, 0.4) is 0 Å². The van der Waals surface area contributed by atoms with Crippen molar-refractivity contribution in [2.24, 2.45) is 0 Å². The number of carbonyl (C=O) groups is 1. The predicted molar refractivity (Wildman–Crippen MR) is 89.3 cm³/mol. The summed E-state index contributed by atoms with van der Waals surface area (Å²) in [5.41, 5.74) is 1.02. The van der Waals surface area contributed by atoms with E-state index in [1.807, 2.05) is 38.1 Å². The van der Waals surface area contributed by atoms with Gasteiger partial charge in [-0.2, -0.15) is 13.2 Å². The molecule has 4 nitrogen and oxygen atoms in total. The molecule has 1 saturated heterocycles. The number of benzene rings is 1. The van der Waals surface area contributed by atoms with E-state index in [0.29, 0.717) is 13.0 Å². The maximum atomic E-state index is 13.0. The van der Waals surface area contributed by atoms with E-state index >= 15 is 0 Å². The van der Waals surface area contributed by atoms with E-state index < -0.39 is 18.1 Å². The standard InChI is InChI=1S/C18H25F3N2O2/c1-12(2)25-16-7-4-14(5-8-16)10-22-15-6-9-17(18(19,20)21)23(11-15)13(3)24/h4-5,7-8,12,15,17,22H,6,9-11H2,1-3H3. The fourth-order valence-corrected chi connectivity index (χ4v) is 3.05. The number of carbonyl (C=O) groups excluding carboxylic acids is 1. The smallest absolute Gasteiger partial charge is 0.408 e. The lowest BCUT2D eigenvalue weighted by Crippen LogP contribution is -2.56. The van der Waals surface area contributed by atoms with Crippen LogP contribution in [-0.2, 0) is 11.3 Å². The highest BCUT2D eigenvalue weighted by Crippen LogP contribution is 2.32. The molecular formula is C18H25F3N2O2. The summed E-state index contributed by atoms with van der Waals surface area (Å²) in [7, 11) is 0. The molecule has 0 saturated carbocycles. The lowest BCUT2D eigenvalue weighted by atomic mass is 9.97. The highest BCUT2D eigenvalue weighted by molar-refractivity contribution is 5.74. The number of hydrogen-bond donors (Lipinski definition) is 1. The SMILES string of the molecule is CC(=O)N1CC(NCc2ccc(OC(C)C)cc2)CCC1C(F)(F)F. The Hall–Kier alpha value is -1.76. The lowest BCUT2D eigenvalue weighted by Gasteiger charge is -2.40. The lowest BCUT2D eigenvalue weighted by molar-refractivity contribution is -0.196. The van der Waals surface area contributed by atoms with Crippen molar-refractivity contribution >= 4 is 5.91 Å². The number of nitrogens with one attached hydrogen (secondary N) is 1. The summed E-state index contributed by atoms with van der Waals surface area (Å²) >= 11 is 0. The molecule has 0 aliphatic carbocycles. The summed E-state index contributed by atoms with van der Waals surface area (Å²) in [5, 5.41) is 3.25. The maximum absolute atomic E-state index is 13.0. The van der Waals surface area contributed by atoms with E-state index in [-0.39, 0.29) is 25.1 Å². The summed E-state index contributed by atoms with van der Waals surface area (Å²) in [5.74, 6) is 0.246. The highest BCUT2D eigenvalue weighted by Gasteiger charge is 2.47. The summed E-state index contributed by atoms with van der Waals surface area (Å²) in [6.45, 7) is 5.71. The van der Waals surface area contributed by atoms with Crippen molar-refractivity contribution < 1.29 is 22.7 Å². The number of hydrogen-bond acceptors (Lipinski definition) is 3. The van der Waals surface area contributed by atoms with Gasteiger partial charge in [-0.15, -0.1) is 0 Å². The second-order valence-electron chi connectivity index (χ2n) is 6.69. The molecule has 1 fully saturated rings. The van der Waals surface area contributed by atoms with Gasteiger partial charge in [-0.05, 0) is 44.4 Å². The molecule has 140 valence electrons. The van der Waals surface area contributed by atoms with Crippen LogP contribution in [0.25, 0.3) is 0 Å². The van der Waals surface area contributed by atoms with E-state index in [2.05, 4.69) is 5.32 Å². The fraction of sp³-hybridized carbons (Fsp3) is 0.611. The Labute approximate surface area is 146 Å². The minimum absolute atomic E-state index is 0.0675. The van der Waals surface area contributed by atoms with E-state index in [4.69, 9.17) is 4.74 Å². The van der Waals surface area contributed by atoms with Crippen molar-refractivity contribution in [3.63, 3.8) is 0 Å². The summed E-state index contributed by atoms with van der Waals surface area (Å²) in [4.78, 5) is 12.5. The first kappa shape index (κ1) is 19.6. The predicted octanol–water partition coefficient (Wildman–Crippen LogP) is 3.51. The van der Waals surface area contributed by atoms with Crippen LogP contribution < -0.4 is 10.1 Å². The van der Waals surface area contributed by atoms with Gasteiger partial charge in [0.05, 0.1) is 6.10 Å². The van der Waals surface area contributed by atoms with E-state index in [9.17, 15) is 18.0 Å². The number of halogens is 3. The Bertz CT molecular complexity index is 573. The van der Waals surface area contributed by atoms with Gasteiger partial charge in [0.15, 0.2) is 0 Å². The van der Waals surface area contributed by atoms with Crippen molar-refractivity contribution in [1.29, 1.82) is 0 Å². The van der Waals surface area contributed by atoms with E-state index in [1.165, 1.54) is 6.92 Å². The summed E-state index contributed by atoms with van der Waals surface area (Å²) < 4.78 is 44.7. The van der Waals surface area contributed by atoms with Crippen LogP contribution in [0.4, 0.5) is 13.2 Å². The monoisotopic (exact) mass is 358 g/mol. The second-order valence-corrected chi connectivity index (χ2v) is 6.69. The Morgan fingerprint density at radius 2 is 1.92 bits per heavy atom. The third-order valence-electron chi connectivity index (χ3n) is 4.25. The number of amides is 1. The van der Waals surface area contributed by atoms with Gasteiger partial charge in [-0.3, -0.25) is 4.79 Å². The first-order chi connectivity index (χ1) is 11.7. The van der Waals surface area contributed by atoms with Crippen LogP contribution in [0.1, 0.15) is 39.2 Å². The molecule has 0 spiro atoms. The number of piperidine rings is 1. The average Bonchev–Trinajstić information content (AvgIpc) is 2.52. The average molecular weight is 358 g/mol. The first-order valence-electron chi connectivity index (χ1n) is 8.49. The zero-order chi connectivity index (χ0) is 18.6. The molecule has 25 heavy (non-hydrogen) atoms. The van der Waals surface area contributed by atoms with Crippen LogP contribution in [-0.4, -0.2) is 41.7 Å². The Kier molecular flexibility index (Phi) is 6.32. The Morgan fingerprint density at radius 1 is 1.28 bits per heavy atom. The number of ether oxygens (including phenoxy) is 1. The number of alkyl halides is 3. The molecule has 1 amide bonds. The van der Waals surface area contributed by atoms with Gasteiger partial charge in [0.2, 0.25) is 5.91 Å². The molecule has 1 aromatic rings. The Morgan fingerprint density at radius 3 is 2.44 bits per heavy atom. The molecule has 0 bridgehead atoms. The first-order valence-corrected chi connectivity index (χ1v) is 8.49. The summed E-state index contributed by atoms with van der Waals surface area (Å²) in [6, 6.07) is 5.78. The van der Waals surface area contributed by atoms with Crippen molar-refractivity contribution in [1.82, 2.24) is 10.2 Å². The third kappa shape index (κ3) is 5.63. The van der Waals surface area contributed by atoms with Gasteiger partial charge in [-0.1, -0.05) is 12.1 Å². The second kappa shape index (κ2) is 8.08. The van der Waals surface area contributed by atoms with Crippen LogP contribution in [0.2, 0.25) is 0 Å². The van der Waals surface area contributed by atoms with Crippen LogP contribution >= 0.6 is 0 Å². The maximum Gasteiger partial charge on any atom is 0.408 e. The summed E-state index contributed by atoms with van der Waals surface area (Å²) in [6.07, 6.45) is -3.95. The van der Waals surface area contributed by atoms with Gasteiger partial charge >= 0.3 is 6.18 Å². The topological polar surface area (TPSA) is 41.6 Å². The van der Waals surface area contributed by atoms with Crippen LogP contribution in [0.15, 0.2) is 24.3 Å². The minimum Gasteiger partial charge on any atom is -0.491 e. The molecule has 2 unspecified atom stereocenters. The van der Waals surface area contributed by atoms with Crippen LogP contribution in [0, 0.1) is 0 Å². The molecular weight excluding hydrogens is 333 g/mol. The molecule has 1 aliphatic rings. The number of rotatable bonds is 5. The zero-order valence-corrected chi connectivity index (χ0v) is 14.8. The van der Waals surface area contributed by atoms with Gasteiger partial charge in [0.1, 0.15) is 11.8 Å². The Balaban J connectivity index is 1.90. The van der Waals surface area contributed by atoms with E-state index in [0.717, 1.165) is 16.2 Å². The third-order valence-corrected chi connectivity index (χ3v) is 4.25. The van der Waals surface area contributed by atoms with Gasteiger partial charge in [0.25, 0.3) is 0 Å². The number of nitrogens with zero attached hydrogens (tertiary/aromatic N) is 1. The normalized spacial score (nSPS) is 21.5. The van der Waals surface area contributed by atoms with Gasteiger partial charge in [0, 0.05) is 26.1 Å². The molecule has 1 aliphatic heterocycles. The number of likely N-dealkylation sites (tertiary alicyclic amines) is 1. The zero-order valence-electron chi connectivity index (χ0n) is 14.8. The largest absolute Gasteiger partial charge is 0.491 e. The van der Waals surface area contributed by atoms with Gasteiger partial charge in [-0.25, -0.2) is 0 Å². The highest BCUT2D eigenvalue weighted by atomic mass is 19.4. The molecule has 1 N–H and O–H groups in total. The van der Waals surface area contributed by atoms with Crippen molar-refractivity contribution in [2.45, 2.75) is 64.5 Å². The van der Waals surface area contributed by atoms with Crippen molar-refractivity contribution in [3.8, 4) is 5.75 Å². The van der Waals surface area contributed by atoms with Gasteiger partial charge < -0.3 is 15.0 Å². The molecule has 1 heterocycles. The molecule has 0 radical (unpaired) electrons. The van der Waals surface area contributed by atoms with E-state index in [1.54, 1.807) is 0 Å². The fourth-order valence-electron chi connectivity index (χ4n) is 3.05.